The average molecular weight is 1360 g/mol. The van der Waals surface area contributed by atoms with E-state index in [1.807, 2.05) is 131 Å². The number of hydrogen-bond acceptors (Lipinski definition) is 16. The van der Waals surface area contributed by atoms with Crippen molar-refractivity contribution in [1.29, 1.82) is 0 Å². The molecule has 0 atom stereocenters. The lowest BCUT2D eigenvalue weighted by Gasteiger charge is -2.25. The smallest absolute Gasteiger partial charge is 0.338 e. The summed E-state index contributed by atoms with van der Waals surface area (Å²) < 4.78 is 16.6. The molecular formula is C79H104N6O12S. The molecule has 2 aliphatic carbocycles. The molecule has 4 aliphatic heterocycles. The summed E-state index contributed by atoms with van der Waals surface area (Å²) >= 11 is 1.86. The van der Waals surface area contributed by atoms with Gasteiger partial charge < -0.3 is 44.3 Å². The lowest BCUT2D eigenvalue weighted by atomic mass is 9.95. The van der Waals surface area contributed by atoms with Crippen LogP contribution in [0.4, 0.5) is 0 Å². The summed E-state index contributed by atoms with van der Waals surface area (Å²) in [6, 6.07) is 12.4. The maximum atomic E-state index is 12.8. The van der Waals surface area contributed by atoms with Gasteiger partial charge in [-0.15, -0.1) is 0 Å². The van der Waals surface area contributed by atoms with Gasteiger partial charge in [0.05, 0.1) is 53.6 Å². The van der Waals surface area contributed by atoms with Crippen molar-refractivity contribution in [3.05, 3.63) is 176 Å². The molecule has 3 aromatic rings. The molecule has 6 aliphatic rings. The zero-order valence-corrected chi connectivity index (χ0v) is 59.6. The van der Waals surface area contributed by atoms with Crippen LogP contribution in [0.25, 0.3) is 0 Å². The number of thioether (sulfide) groups is 1. The Morgan fingerprint density at radius 2 is 0.755 bits per heavy atom. The van der Waals surface area contributed by atoms with E-state index in [2.05, 4.69) is 62.6 Å². The monoisotopic (exact) mass is 1360 g/mol. The number of rotatable bonds is 11. The molecule has 2 N–H and O–H groups in total. The quantitative estimate of drug-likeness (QED) is 0.0790. The third-order valence-corrected chi connectivity index (χ3v) is 18.3. The molecule has 528 valence electrons. The highest BCUT2D eigenvalue weighted by Gasteiger charge is 2.24. The summed E-state index contributed by atoms with van der Waals surface area (Å²) in [5.74, 6) is 0.652. The van der Waals surface area contributed by atoms with Crippen molar-refractivity contribution in [2.75, 3.05) is 64.2 Å². The second kappa shape index (κ2) is 43.2. The lowest BCUT2D eigenvalue weighted by Crippen LogP contribution is -2.39. The Bertz CT molecular complexity index is 3280. The fourth-order valence-corrected chi connectivity index (χ4v) is 13.6. The van der Waals surface area contributed by atoms with Gasteiger partial charge in [-0.2, -0.15) is 11.8 Å². The lowest BCUT2D eigenvalue weighted by molar-refractivity contribution is -0.135. The highest BCUT2D eigenvalue weighted by molar-refractivity contribution is 7.99. The van der Waals surface area contributed by atoms with Crippen molar-refractivity contribution in [1.82, 2.24) is 15.5 Å². The second-order valence-electron chi connectivity index (χ2n) is 25.9. The van der Waals surface area contributed by atoms with Crippen LogP contribution in [-0.2, 0) is 62.4 Å². The van der Waals surface area contributed by atoms with Crippen LogP contribution in [0, 0.1) is 41.5 Å². The zero-order chi connectivity index (χ0) is 69.7. The number of fused-ring (bicyclic) bond motifs is 3. The normalized spacial score (nSPS) is 21.3. The number of carbonyl (C=O) groups is 6. The van der Waals surface area contributed by atoms with Gasteiger partial charge in [0.1, 0.15) is 0 Å². The van der Waals surface area contributed by atoms with E-state index in [4.69, 9.17) is 28.7 Å². The molecule has 1 saturated heterocycles. The van der Waals surface area contributed by atoms with Crippen molar-refractivity contribution in [2.45, 2.75) is 195 Å². The fourth-order valence-electron chi connectivity index (χ4n) is 12.7. The molecule has 0 spiro atoms. The number of nitrogens with zero attached hydrogens (tertiary/aromatic N) is 4. The number of ether oxygens (including phenoxy) is 3. The van der Waals surface area contributed by atoms with E-state index in [0.29, 0.717) is 92.2 Å². The Labute approximate surface area is 585 Å². The number of oxime groups is 3. The Balaban J connectivity index is 0.000000207. The number of amides is 3. The van der Waals surface area contributed by atoms with E-state index in [0.717, 1.165) is 165 Å². The molecule has 3 amide bonds. The Hall–Kier alpha value is -8.32. The predicted molar refractivity (Wildman–Crippen MR) is 390 cm³/mol. The molecular weight excluding hydrogens is 1260 g/mol. The van der Waals surface area contributed by atoms with Gasteiger partial charge in [-0.25, -0.2) is 14.4 Å². The van der Waals surface area contributed by atoms with E-state index in [1.54, 1.807) is 0 Å². The molecule has 0 unspecified atom stereocenters. The van der Waals surface area contributed by atoms with Crippen molar-refractivity contribution in [3.63, 3.8) is 0 Å². The van der Waals surface area contributed by atoms with E-state index < -0.39 is 0 Å². The van der Waals surface area contributed by atoms with Crippen LogP contribution in [-0.4, -0.2) is 134 Å². The van der Waals surface area contributed by atoms with Crippen molar-refractivity contribution in [3.8, 4) is 0 Å². The van der Waals surface area contributed by atoms with Crippen LogP contribution in [0.1, 0.15) is 203 Å². The van der Waals surface area contributed by atoms with Gasteiger partial charge in [-0.3, -0.25) is 14.4 Å². The summed E-state index contributed by atoms with van der Waals surface area (Å²) in [6.45, 7) is 14.1. The van der Waals surface area contributed by atoms with Gasteiger partial charge in [-0.1, -0.05) is 162 Å². The van der Waals surface area contributed by atoms with Crippen LogP contribution >= 0.6 is 11.8 Å². The molecule has 9 rings (SSSR count). The molecule has 18 nitrogen and oxygen atoms in total. The largest absolute Gasteiger partial charge is 0.462 e. The number of nitrogens with one attached hydrogen (secondary N) is 2. The molecule has 3 aromatic carbocycles. The summed E-state index contributed by atoms with van der Waals surface area (Å²) in [7, 11) is 0. The standard InChI is InChI=1S/2C27H36N2O4.C25H32N2O4S/c2*1-20-16-21(2)26-22(17-20)18-24(14-8-5-3-4-6-11-15-32-27(26)31)29-33-19-25(30)28-23-12-9-7-10-13-23;1-19-15-20(2)24-21(16-19)17-22(9-7-5-3-4-6-8-12-30-25(24)29)26-31-18-23(28)27-10-13-32-14-11-27/h2*4,6,8,14,16-17,23H,3,5,7,9-13,15,18-19H2,1-2H3,(H,28,30);4,6-7,9,15-16H,3,5,8,10-14,17-18H2,1-2H3/b6-4+,14-8+,29-24+;6-4+,14-8+,29-24-;6-4+,9-7+,26-22+. The summed E-state index contributed by atoms with van der Waals surface area (Å²) in [4.78, 5) is 93.5. The Morgan fingerprint density at radius 3 is 1.10 bits per heavy atom. The van der Waals surface area contributed by atoms with Crippen LogP contribution in [0.5, 0.6) is 0 Å². The van der Waals surface area contributed by atoms with Crippen LogP contribution in [0.15, 0.2) is 125 Å². The van der Waals surface area contributed by atoms with Gasteiger partial charge >= 0.3 is 17.9 Å². The molecule has 2 saturated carbocycles. The predicted octanol–water partition coefficient (Wildman–Crippen LogP) is 14.5. The number of allylic oxidation sites excluding steroid dienone is 9. The number of carbonyl (C=O) groups excluding carboxylic acids is 6. The van der Waals surface area contributed by atoms with Crippen molar-refractivity contribution >= 4 is 64.5 Å². The first kappa shape index (κ1) is 77.0. The summed E-state index contributed by atoms with van der Waals surface area (Å²) in [5, 5.41) is 18.9. The number of cyclic esters (lactones) is 3. The first-order chi connectivity index (χ1) is 47.6. The first-order valence-corrected chi connectivity index (χ1v) is 36.5. The van der Waals surface area contributed by atoms with Gasteiger partial charge in [-0.05, 0) is 177 Å². The van der Waals surface area contributed by atoms with Gasteiger partial charge in [0.2, 0.25) is 0 Å². The first-order valence-electron chi connectivity index (χ1n) is 35.4. The number of benzene rings is 3. The van der Waals surface area contributed by atoms with Gasteiger partial charge in [0, 0.05) is 55.9 Å². The summed E-state index contributed by atoms with van der Waals surface area (Å²) in [6.07, 6.45) is 44.3. The second-order valence-corrected chi connectivity index (χ2v) is 27.1. The minimum Gasteiger partial charge on any atom is -0.462 e. The minimum atomic E-state index is -0.316. The number of hydrogen-bond donors (Lipinski definition) is 2. The molecule has 0 bridgehead atoms. The topological polar surface area (TPSA) is 222 Å². The van der Waals surface area contributed by atoms with Crippen LogP contribution < -0.4 is 10.6 Å². The third kappa shape index (κ3) is 27.9. The van der Waals surface area contributed by atoms with E-state index in [1.165, 1.54) is 12.8 Å². The maximum Gasteiger partial charge on any atom is 0.338 e. The van der Waals surface area contributed by atoms with Crippen LogP contribution in [0.3, 0.4) is 0 Å². The third-order valence-electron chi connectivity index (χ3n) is 17.3. The molecule has 19 heteroatoms. The molecule has 0 aromatic heterocycles. The number of aryl methyl sites for hydroxylation is 6. The Kier molecular flexibility index (Phi) is 33.9. The van der Waals surface area contributed by atoms with E-state index >= 15 is 0 Å². The zero-order valence-electron chi connectivity index (χ0n) is 58.8. The number of esters is 3. The fraction of sp³-hybridized carbons (Fsp3) is 0.506. The maximum absolute atomic E-state index is 12.8. The molecule has 98 heavy (non-hydrogen) atoms. The summed E-state index contributed by atoms with van der Waals surface area (Å²) in [5.41, 5.74) is 12.2. The van der Waals surface area contributed by atoms with E-state index in [-0.39, 0.29) is 67.5 Å². The SMILES string of the molecule is Cc1cc(C)c2c(c1)CC(=N/OCC(=O)N1CCSCC1)/C=C/CC/C=C/CCOC2=O.Cc1cc(C)c2c(c1)CC(=N/OCC(=O)NC1CCCCC1)/C=C/CC/C=C/CCOC2=O.Cc1cc(C)c2c(c1)CC(=N\OCC(=O)NC1CCCCC1)/C=C/CC/C=C/CCOC2=O. The molecule has 0 radical (unpaired) electrons. The molecule has 4 heterocycles. The van der Waals surface area contributed by atoms with E-state index in [9.17, 15) is 28.8 Å². The molecule has 3 fully saturated rings. The average Bonchev–Trinajstić information content (AvgIpc) is 0.847. The Morgan fingerprint density at radius 1 is 0.439 bits per heavy atom. The van der Waals surface area contributed by atoms with Crippen molar-refractivity contribution < 1.29 is 57.5 Å². The van der Waals surface area contributed by atoms with Gasteiger partial charge in [0.15, 0.2) is 19.8 Å². The van der Waals surface area contributed by atoms with Crippen molar-refractivity contribution in [2.24, 2.45) is 15.5 Å². The highest BCUT2D eigenvalue weighted by atomic mass is 32.2. The van der Waals surface area contributed by atoms with Crippen LogP contribution in [0.2, 0.25) is 0 Å². The van der Waals surface area contributed by atoms with Gasteiger partial charge in [0.25, 0.3) is 17.7 Å². The minimum absolute atomic E-state index is 0.0414. The highest BCUT2D eigenvalue weighted by Crippen LogP contribution is 2.25.